The molecule has 0 aromatic carbocycles. The average Bonchev–Trinajstić information content (AvgIpc) is 2.84. The number of nitrogens with one attached hydrogen (secondary N) is 1. The summed E-state index contributed by atoms with van der Waals surface area (Å²) in [6.45, 7) is 5.44. The highest BCUT2D eigenvalue weighted by molar-refractivity contribution is 7.07. The fourth-order valence-corrected chi connectivity index (χ4v) is 2.05. The first kappa shape index (κ1) is 15.6. The van der Waals surface area contributed by atoms with Crippen molar-refractivity contribution < 1.29 is 14.4 Å². The lowest BCUT2D eigenvalue weighted by molar-refractivity contribution is -0.230. The summed E-state index contributed by atoms with van der Waals surface area (Å²) >= 11 is 1.44. The molecule has 1 heterocycles. The number of thiazole rings is 1. The van der Waals surface area contributed by atoms with E-state index in [4.69, 9.17) is 4.84 Å². The largest absolute Gasteiger partial charge is 0.357 e. The van der Waals surface area contributed by atoms with E-state index in [0.29, 0.717) is 12.8 Å². The van der Waals surface area contributed by atoms with Crippen molar-refractivity contribution in [3.8, 4) is 0 Å². The number of likely N-dealkylation sites (N-methyl/N-ethyl adjacent to an activating group) is 1. The van der Waals surface area contributed by atoms with Crippen LogP contribution in [0.3, 0.4) is 0 Å². The standard InChI is InChI=1S/C12H19N3O3S/c1-12(2,3)18-15(8-16)10(11(17)13-4)5-9-6-19-7-14-9/h6-8,10H,5H2,1-4H3,(H,13,17)/t10-/m0/s1. The van der Waals surface area contributed by atoms with Gasteiger partial charge in [-0.15, -0.1) is 11.3 Å². The van der Waals surface area contributed by atoms with Crippen molar-refractivity contribution in [2.24, 2.45) is 0 Å². The lowest BCUT2D eigenvalue weighted by Crippen LogP contribution is -2.49. The zero-order valence-corrected chi connectivity index (χ0v) is 12.4. The molecule has 7 heteroatoms. The molecular weight excluding hydrogens is 266 g/mol. The molecule has 0 unspecified atom stereocenters. The molecule has 0 fully saturated rings. The van der Waals surface area contributed by atoms with Gasteiger partial charge in [0.2, 0.25) is 12.3 Å². The molecular formula is C12H19N3O3S. The van der Waals surface area contributed by atoms with E-state index in [1.165, 1.54) is 18.4 Å². The van der Waals surface area contributed by atoms with Gasteiger partial charge in [0.25, 0.3) is 0 Å². The number of nitrogens with zero attached hydrogens (tertiary/aromatic N) is 2. The zero-order chi connectivity index (χ0) is 14.5. The topological polar surface area (TPSA) is 71.5 Å². The Hall–Kier alpha value is -1.47. The van der Waals surface area contributed by atoms with Crippen LogP contribution in [0.15, 0.2) is 10.9 Å². The number of hydrogen-bond donors (Lipinski definition) is 1. The molecule has 1 aromatic rings. The first-order valence-electron chi connectivity index (χ1n) is 5.89. The van der Waals surface area contributed by atoms with Crippen LogP contribution in [0.5, 0.6) is 0 Å². The van der Waals surface area contributed by atoms with Crippen LogP contribution in [0.25, 0.3) is 0 Å². The number of carbonyl (C=O) groups is 2. The molecule has 2 amide bonds. The van der Waals surface area contributed by atoms with Crippen molar-refractivity contribution in [1.29, 1.82) is 0 Å². The second-order valence-electron chi connectivity index (χ2n) is 4.98. The van der Waals surface area contributed by atoms with E-state index >= 15 is 0 Å². The molecule has 1 N–H and O–H groups in total. The van der Waals surface area contributed by atoms with Crippen LogP contribution >= 0.6 is 11.3 Å². The van der Waals surface area contributed by atoms with Crippen LogP contribution in [-0.4, -0.2) is 41.1 Å². The second-order valence-corrected chi connectivity index (χ2v) is 5.70. The molecule has 6 nitrogen and oxygen atoms in total. The Morgan fingerprint density at radius 3 is 2.74 bits per heavy atom. The summed E-state index contributed by atoms with van der Waals surface area (Å²) in [6, 6.07) is -0.733. The summed E-state index contributed by atoms with van der Waals surface area (Å²) in [6.07, 6.45) is 0.843. The fourth-order valence-electron chi connectivity index (χ4n) is 1.48. The SMILES string of the molecule is CNC(=O)[C@H](Cc1cscn1)N(C=O)OC(C)(C)C. The third-order valence-electron chi connectivity index (χ3n) is 2.23. The van der Waals surface area contributed by atoms with Crippen molar-refractivity contribution in [1.82, 2.24) is 15.4 Å². The molecule has 106 valence electrons. The lowest BCUT2D eigenvalue weighted by atomic mass is 10.1. The van der Waals surface area contributed by atoms with Crippen LogP contribution in [0.1, 0.15) is 26.5 Å². The highest BCUT2D eigenvalue weighted by atomic mass is 32.1. The predicted molar refractivity (Wildman–Crippen MR) is 72.4 cm³/mol. The fraction of sp³-hybridized carbons (Fsp3) is 0.583. The van der Waals surface area contributed by atoms with Crippen molar-refractivity contribution in [2.45, 2.75) is 38.8 Å². The molecule has 0 radical (unpaired) electrons. The Morgan fingerprint density at radius 2 is 2.32 bits per heavy atom. The maximum Gasteiger partial charge on any atom is 0.245 e. The van der Waals surface area contributed by atoms with Gasteiger partial charge in [-0.1, -0.05) is 0 Å². The van der Waals surface area contributed by atoms with Gasteiger partial charge in [0.1, 0.15) is 6.04 Å². The molecule has 1 rings (SSSR count). The van der Waals surface area contributed by atoms with Crippen molar-refractivity contribution in [3.63, 3.8) is 0 Å². The molecule has 19 heavy (non-hydrogen) atoms. The summed E-state index contributed by atoms with van der Waals surface area (Å²) in [7, 11) is 1.52. The van der Waals surface area contributed by atoms with Gasteiger partial charge in [0.15, 0.2) is 0 Å². The Morgan fingerprint density at radius 1 is 1.63 bits per heavy atom. The maximum absolute atomic E-state index is 11.9. The van der Waals surface area contributed by atoms with E-state index in [0.717, 1.165) is 10.8 Å². The number of rotatable bonds is 6. The lowest BCUT2D eigenvalue weighted by Gasteiger charge is -2.31. The molecule has 0 saturated carbocycles. The summed E-state index contributed by atoms with van der Waals surface area (Å²) < 4.78 is 0. The van der Waals surface area contributed by atoms with Crippen LogP contribution in [-0.2, 0) is 20.8 Å². The van der Waals surface area contributed by atoms with Gasteiger partial charge in [-0.25, -0.2) is 10.0 Å². The molecule has 0 aliphatic heterocycles. The van der Waals surface area contributed by atoms with Crippen molar-refractivity contribution >= 4 is 23.7 Å². The normalized spacial score (nSPS) is 12.8. The Labute approximate surface area is 116 Å². The number of hydroxylamine groups is 2. The number of hydrogen-bond acceptors (Lipinski definition) is 5. The monoisotopic (exact) mass is 285 g/mol. The van der Waals surface area contributed by atoms with Crippen LogP contribution in [0, 0.1) is 0 Å². The second kappa shape index (κ2) is 6.63. The van der Waals surface area contributed by atoms with Gasteiger partial charge >= 0.3 is 0 Å². The first-order chi connectivity index (χ1) is 8.87. The zero-order valence-electron chi connectivity index (χ0n) is 11.5. The minimum Gasteiger partial charge on any atom is -0.357 e. The molecule has 1 atom stereocenters. The Bertz CT molecular complexity index is 414. The predicted octanol–water partition coefficient (Wildman–Crippen LogP) is 0.989. The minimum absolute atomic E-state index is 0.288. The van der Waals surface area contributed by atoms with Crippen molar-refractivity contribution in [2.75, 3.05) is 7.05 Å². The number of carbonyl (C=O) groups excluding carboxylic acids is 2. The van der Waals surface area contributed by atoms with E-state index in [1.54, 1.807) is 5.51 Å². The van der Waals surface area contributed by atoms with Gasteiger partial charge in [-0.2, -0.15) is 0 Å². The third-order valence-corrected chi connectivity index (χ3v) is 2.86. The van der Waals surface area contributed by atoms with Crippen LogP contribution in [0.4, 0.5) is 0 Å². The summed E-state index contributed by atoms with van der Waals surface area (Å²) in [5.41, 5.74) is 1.88. The van der Waals surface area contributed by atoms with E-state index in [2.05, 4.69) is 10.3 Å². The molecule has 0 bridgehead atoms. The minimum atomic E-state index is -0.733. The Kier molecular flexibility index (Phi) is 5.44. The number of amides is 2. The molecule has 0 spiro atoms. The van der Waals surface area contributed by atoms with Crippen LogP contribution in [0.2, 0.25) is 0 Å². The summed E-state index contributed by atoms with van der Waals surface area (Å²) in [5.74, 6) is -0.288. The molecule has 0 aliphatic carbocycles. The smallest absolute Gasteiger partial charge is 0.245 e. The van der Waals surface area contributed by atoms with Gasteiger partial charge in [-0.3, -0.25) is 14.4 Å². The highest BCUT2D eigenvalue weighted by Crippen LogP contribution is 2.15. The quantitative estimate of drug-likeness (QED) is 0.625. The van der Waals surface area contributed by atoms with E-state index in [9.17, 15) is 9.59 Å². The van der Waals surface area contributed by atoms with Crippen molar-refractivity contribution in [3.05, 3.63) is 16.6 Å². The van der Waals surface area contributed by atoms with Gasteiger partial charge in [-0.05, 0) is 20.8 Å². The number of aromatic nitrogens is 1. The Balaban J connectivity index is 2.87. The summed E-state index contributed by atoms with van der Waals surface area (Å²) in [5, 5.41) is 5.43. The van der Waals surface area contributed by atoms with E-state index < -0.39 is 11.6 Å². The molecule has 0 aliphatic rings. The maximum atomic E-state index is 11.9. The van der Waals surface area contributed by atoms with E-state index in [1.807, 2.05) is 26.2 Å². The molecule has 1 aromatic heterocycles. The highest BCUT2D eigenvalue weighted by Gasteiger charge is 2.29. The van der Waals surface area contributed by atoms with Gasteiger partial charge in [0.05, 0.1) is 16.8 Å². The van der Waals surface area contributed by atoms with Crippen LogP contribution < -0.4 is 5.32 Å². The average molecular weight is 285 g/mol. The van der Waals surface area contributed by atoms with E-state index in [-0.39, 0.29) is 5.91 Å². The first-order valence-corrected chi connectivity index (χ1v) is 6.83. The summed E-state index contributed by atoms with van der Waals surface area (Å²) in [4.78, 5) is 32.7. The van der Waals surface area contributed by atoms with Gasteiger partial charge < -0.3 is 5.32 Å². The van der Waals surface area contributed by atoms with Gasteiger partial charge in [0, 0.05) is 18.8 Å². The molecule has 0 saturated heterocycles. The third kappa shape index (κ3) is 4.96.